The first-order valence-electron chi connectivity index (χ1n) is 14.4. The summed E-state index contributed by atoms with van der Waals surface area (Å²) in [6.07, 6.45) is -2.59. The van der Waals surface area contributed by atoms with Gasteiger partial charge in [0, 0.05) is 43.5 Å². The van der Waals surface area contributed by atoms with Gasteiger partial charge in [0.1, 0.15) is 5.82 Å². The number of alkyl halides is 3. The average molecular weight is 632 g/mol. The van der Waals surface area contributed by atoms with Gasteiger partial charge in [-0.25, -0.2) is 4.98 Å². The van der Waals surface area contributed by atoms with E-state index in [-0.39, 0.29) is 18.9 Å². The van der Waals surface area contributed by atoms with Crippen LogP contribution in [0.15, 0.2) is 60.7 Å². The molecule has 1 atom stereocenters. The molecule has 5 rings (SSSR count). The zero-order chi connectivity index (χ0) is 30.9. The molecule has 1 fully saturated rings. The van der Waals surface area contributed by atoms with Crippen molar-refractivity contribution in [2.24, 2.45) is 18.4 Å². The normalized spacial score (nSPS) is 16.1. The van der Waals surface area contributed by atoms with Gasteiger partial charge >= 0.3 is 6.18 Å². The number of halogens is 5. The molecule has 1 aromatic heterocycles. The van der Waals surface area contributed by atoms with Crippen LogP contribution >= 0.6 is 23.2 Å². The van der Waals surface area contributed by atoms with Crippen LogP contribution in [0.2, 0.25) is 10.0 Å². The van der Waals surface area contributed by atoms with E-state index in [4.69, 9.17) is 28.2 Å². The molecule has 0 spiro atoms. The largest absolute Gasteiger partial charge is 0.393 e. The minimum atomic E-state index is -4.23. The van der Waals surface area contributed by atoms with Crippen molar-refractivity contribution >= 4 is 45.8 Å². The highest BCUT2D eigenvalue weighted by Crippen LogP contribution is 2.38. The number of imidazole rings is 1. The summed E-state index contributed by atoms with van der Waals surface area (Å²) >= 11 is 13.2. The van der Waals surface area contributed by atoms with E-state index in [1.807, 2.05) is 80.1 Å². The fourth-order valence-corrected chi connectivity index (χ4v) is 6.23. The maximum Gasteiger partial charge on any atom is 0.393 e. The molecule has 3 aromatic carbocycles. The van der Waals surface area contributed by atoms with E-state index in [0.29, 0.717) is 53.6 Å². The first kappa shape index (κ1) is 31.2. The predicted molar refractivity (Wildman–Crippen MR) is 167 cm³/mol. The van der Waals surface area contributed by atoms with Crippen LogP contribution < -0.4 is 10.2 Å². The molecule has 0 bridgehead atoms. The van der Waals surface area contributed by atoms with Crippen LogP contribution in [0, 0.1) is 11.3 Å². The van der Waals surface area contributed by atoms with Gasteiger partial charge in [-0.2, -0.15) is 13.2 Å². The minimum absolute atomic E-state index is 0.0360. The lowest BCUT2D eigenvalue weighted by Gasteiger charge is -2.35. The number of amides is 1. The van der Waals surface area contributed by atoms with Gasteiger partial charge in [0.25, 0.3) is 0 Å². The quantitative estimate of drug-likeness (QED) is 0.214. The van der Waals surface area contributed by atoms with Crippen LogP contribution in [0.4, 0.5) is 18.9 Å². The van der Waals surface area contributed by atoms with Crippen molar-refractivity contribution in [2.75, 3.05) is 18.0 Å². The Labute approximate surface area is 260 Å². The highest BCUT2D eigenvalue weighted by atomic mass is 35.5. The molecule has 1 amide bonds. The van der Waals surface area contributed by atoms with E-state index in [1.165, 1.54) is 0 Å². The molecule has 1 aliphatic rings. The Balaban J connectivity index is 1.31. The summed E-state index contributed by atoms with van der Waals surface area (Å²) in [5.74, 6) is -0.669. The lowest BCUT2D eigenvalue weighted by molar-refractivity contribution is -0.176. The molecule has 0 aliphatic carbocycles. The average Bonchev–Trinajstić information content (AvgIpc) is 3.26. The Morgan fingerprint density at radius 1 is 1.02 bits per heavy atom. The van der Waals surface area contributed by atoms with Crippen molar-refractivity contribution < 1.29 is 18.0 Å². The fourth-order valence-electron chi connectivity index (χ4n) is 5.77. The number of carbonyl (C=O) groups excluding carboxylic acids is 1. The molecule has 5 nitrogen and oxygen atoms in total. The zero-order valence-electron chi connectivity index (χ0n) is 24.4. The number of rotatable bonds is 8. The van der Waals surface area contributed by atoms with Crippen molar-refractivity contribution in [1.82, 2.24) is 14.9 Å². The summed E-state index contributed by atoms with van der Waals surface area (Å²) in [4.78, 5) is 19.6. The Bertz CT molecular complexity index is 1620. The van der Waals surface area contributed by atoms with E-state index in [0.717, 1.165) is 28.0 Å². The van der Waals surface area contributed by atoms with Crippen LogP contribution in [0.5, 0.6) is 0 Å². The minimum Gasteiger partial charge on any atom is -0.370 e. The summed E-state index contributed by atoms with van der Waals surface area (Å²) in [5, 5.41) is 4.03. The van der Waals surface area contributed by atoms with Crippen molar-refractivity contribution in [3.63, 3.8) is 0 Å². The van der Waals surface area contributed by atoms with Crippen LogP contribution in [0.1, 0.15) is 49.2 Å². The molecule has 10 heteroatoms. The topological polar surface area (TPSA) is 50.2 Å². The number of benzene rings is 3. The standard InChI is InChI=1S/C33H35Cl2F3N4O/c1-32(2,18-21-8-5-4-6-9-21)31(43)39-19-22-11-12-25(34)23(14-22)15-30-40-27-16-26(35)28(17-29(27)41(30)3)42-13-7-10-24(20-42)33(36,37)38/h4-6,8-9,11-12,14,16-17,24H,7,10,13,15,18-20H2,1-3H3,(H,39,43). The summed E-state index contributed by atoms with van der Waals surface area (Å²) in [5.41, 5.74) is 4.32. The second kappa shape index (κ2) is 12.4. The van der Waals surface area contributed by atoms with Crippen molar-refractivity contribution in [3.05, 3.63) is 93.2 Å². The number of hydrogen-bond donors (Lipinski definition) is 1. The van der Waals surface area contributed by atoms with Crippen LogP contribution in [-0.2, 0) is 31.2 Å². The van der Waals surface area contributed by atoms with Crippen LogP contribution in [-0.4, -0.2) is 34.7 Å². The van der Waals surface area contributed by atoms with Gasteiger partial charge in [0.2, 0.25) is 5.91 Å². The van der Waals surface area contributed by atoms with Gasteiger partial charge < -0.3 is 14.8 Å². The van der Waals surface area contributed by atoms with Crippen molar-refractivity contribution in [1.29, 1.82) is 0 Å². The maximum absolute atomic E-state index is 13.4. The third-order valence-corrected chi connectivity index (χ3v) is 8.95. The van der Waals surface area contributed by atoms with Crippen molar-refractivity contribution in [3.8, 4) is 0 Å². The van der Waals surface area contributed by atoms with Gasteiger partial charge in [-0.1, -0.05) is 79.5 Å². The second-order valence-corrected chi connectivity index (χ2v) is 12.9. The number of hydrogen-bond acceptors (Lipinski definition) is 3. The van der Waals surface area contributed by atoms with E-state index in [2.05, 4.69) is 5.32 Å². The molecule has 0 radical (unpaired) electrons. The summed E-state index contributed by atoms with van der Waals surface area (Å²) in [6, 6.07) is 19.2. The highest BCUT2D eigenvalue weighted by Gasteiger charge is 2.42. The second-order valence-electron chi connectivity index (χ2n) is 12.0. The molecule has 4 aromatic rings. The maximum atomic E-state index is 13.4. The Hall–Kier alpha value is -3.23. The molecule has 1 aliphatic heterocycles. The number of nitrogens with one attached hydrogen (secondary N) is 1. The van der Waals surface area contributed by atoms with Gasteiger partial charge in [0.15, 0.2) is 0 Å². The van der Waals surface area contributed by atoms with Gasteiger partial charge in [-0.15, -0.1) is 0 Å². The number of carbonyl (C=O) groups is 1. The monoisotopic (exact) mass is 630 g/mol. The molecule has 228 valence electrons. The molecule has 0 saturated carbocycles. The van der Waals surface area contributed by atoms with Gasteiger partial charge in [-0.3, -0.25) is 4.79 Å². The summed E-state index contributed by atoms with van der Waals surface area (Å²) < 4.78 is 42.2. The number of piperidine rings is 1. The number of nitrogens with zero attached hydrogens (tertiary/aromatic N) is 3. The van der Waals surface area contributed by atoms with E-state index >= 15 is 0 Å². The lowest BCUT2D eigenvalue weighted by Crippen LogP contribution is -2.41. The molecule has 1 N–H and O–H groups in total. The number of fused-ring (bicyclic) bond motifs is 1. The Morgan fingerprint density at radius 2 is 1.77 bits per heavy atom. The lowest BCUT2D eigenvalue weighted by atomic mass is 9.85. The van der Waals surface area contributed by atoms with E-state index in [1.54, 1.807) is 11.0 Å². The molecule has 2 heterocycles. The first-order valence-corrected chi connectivity index (χ1v) is 15.1. The third kappa shape index (κ3) is 7.13. The van der Waals surface area contributed by atoms with Gasteiger partial charge in [0.05, 0.1) is 27.7 Å². The Kier molecular flexibility index (Phi) is 9.00. The van der Waals surface area contributed by atoms with Gasteiger partial charge in [-0.05, 0) is 54.2 Å². The molecular formula is C33H35Cl2F3N4O. The number of anilines is 1. The smallest absolute Gasteiger partial charge is 0.370 e. The highest BCUT2D eigenvalue weighted by molar-refractivity contribution is 6.34. The SMILES string of the molecule is Cn1c(Cc2cc(CNC(=O)C(C)(C)Cc3ccccc3)ccc2Cl)nc2cc(Cl)c(N3CCCC(C(F)(F)F)C3)cc21. The Morgan fingerprint density at radius 3 is 2.49 bits per heavy atom. The molecule has 43 heavy (non-hydrogen) atoms. The van der Waals surface area contributed by atoms with E-state index in [9.17, 15) is 18.0 Å². The number of aromatic nitrogens is 2. The summed E-state index contributed by atoms with van der Waals surface area (Å²) in [7, 11) is 1.88. The van der Waals surface area contributed by atoms with Crippen LogP contribution in [0.25, 0.3) is 11.0 Å². The molecule has 1 saturated heterocycles. The zero-order valence-corrected chi connectivity index (χ0v) is 26.0. The fraction of sp³-hybridized carbons (Fsp3) is 0.394. The third-order valence-electron chi connectivity index (χ3n) is 8.28. The molecular weight excluding hydrogens is 596 g/mol. The van der Waals surface area contributed by atoms with E-state index < -0.39 is 17.5 Å². The van der Waals surface area contributed by atoms with Crippen molar-refractivity contribution in [2.45, 2.75) is 52.3 Å². The van der Waals surface area contributed by atoms with Crippen LogP contribution in [0.3, 0.4) is 0 Å². The number of aryl methyl sites for hydroxylation is 1. The summed E-state index contributed by atoms with van der Waals surface area (Å²) in [6.45, 7) is 4.64. The first-order chi connectivity index (χ1) is 20.3. The molecule has 1 unspecified atom stereocenters. The predicted octanol–water partition coefficient (Wildman–Crippen LogP) is 8.13.